The first-order valence-corrected chi connectivity index (χ1v) is 7.73. The van der Waals surface area contributed by atoms with E-state index in [-0.39, 0.29) is 42.7 Å². The number of likely N-dealkylation sites (tertiary alicyclic amines) is 1. The molecule has 0 N–H and O–H groups in total. The molecule has 0 spiro atoms. The van der Waals surface area contributed by atoms with Crippen LogP contribution in [0.25, 0.3) is 0 Å². The quantitative estimate of drug-likeness (QED) is 0.812. The highest BCUT2D eigenvalue weighted by molar-refractivity contribution is 7.10. The number of hydrogen-bond donors (Lipinski definition) is 0. The van der Waals surface area contributed by atoms with Gasteiger partial charge in [-0.1, -0.05) is 6.07 Å². The maximum absolute atomic E-state index is 13.7. The second-order valence-corrected chi connectivity index (χ2v) is 6.21. The molecule has 22 heavy (non-hydrogen) atoms. The fraction of sp³-hybridized carbons (Fsp3) is 0.250. The number of rotatable bonds is 3. The average molecular weight is 321 g/mol. The number of imide groups is 1. The molecule has 0 radical (unpaired) electrons. The van der Waals surface area contributed by atoms with Gasteiger partial charge in [0, 0.05) is 29.2 Å². The van der Waals surface area contributed by atoms with Crippen LogP contribution in [0, 0.1) is 11.6 Å². The third-order valence-electron chi connectivity index (χ3n) is 3.73. The smallest absolute Gasteiger partial charge is 0.230 e. The molecule has 1 aliphatic heterocycles. The summed E-state index contributed by atoms with van der Waals surface area (Å²) in [7, 11) is 0. The number of benzene rings is 1. The zero-order chi connectivity index (χ0) is 15.7. The predicted octanol–water partition coefficient (Wildman–Crippen LogP) is 3.46. The van der Waals surface area contributed by atoms with Gasteiger partial charge in [-0.05, 0) is 29.6 Å². The lowest BCUT2D eigenvalue weighted by molar-refractivity contribution is -0.149. The summed E-state index contributed by atoms with van der Waals surface area (Å²) in [6.07, 6.45) is 0.423. The minimum Gasteiger partial charge on any atom is -0.278 e. The molecule has 2 aromatic rings. The first-order valence-electron chi connectivity index (χ1n) is 6.85. The highest BCUT2D eigenvalue weighted by Crippen LogP contribution is 2.33. The molecule has 1 aromatic carbocycles. The van der Waals surface area contributed by atoms with E-state index < -0.39 is 11.6 Å². The standard InChI is InChI=1S/C16H13F2NO2S/c17-12-3-4-13(18)11(6-12)9-19-15(20)7-10(8-16(19)21)14-2-1-5-22-14/h1-6,10H,7-9H2. The van der Waals surface area contributed by atoms with Crippen molar-refractivity contribution in [1.82, 2.24) is 4.90 Å². The van der Waals surface area contributed by atoms with Crippen LogP contribution in [0.1, 0.15) is 29.2 Å². The third-order valence-corrected chi connectivity index (χ3v) is 4.76. The molecule has 0 atom stereocenters. The second kappa shape index (κ2) is 5.96. The Balaban J connectivity index is 1.77. The largest absolute Gasteiger partial charge is 0.278 e. The summed E-state index contributed by atoms with van der Waals surface area (Å²) in [5.41, 5.74) is 0.0104. The summed E-state index contributed by atoms with van der Waals surface area (Å²) in [4.78, 5) is 26.4. The number of carbonyl (C=O) groups is 2. The topological polar surface area (TPSA) is 37.4 Å². The Kier molecular flexibility index (Phi) is 4.02. The molecule has 2 heterocycles. The first kappa shape index (κ1) is 14.8. The van der Waals surface area contributed by atoms with E-state index in [2.05, 4.69) is 0 Å². The van der Waals surface area contributed by atoms with Crippen LogP contribution in [0.2, 0.25) is 0 Å². The first-order chi connectivity index (χ1) is 10.5. The van der Waals surface area contributed by atoms with E-state index in [0.29, 0.717) is 0 Å². The van der Waals surface area contributed by atoms with Crippen molar-refractivity contribution in [3.8, 4) is 0 Å². The molecule has 1 aromatic heterocycles. The molecule has 2 amide bonds. The molecule has 3 nitrogen and oxygen atoms in total. The van der Waals surface area contributed by atoms with E-state index in [1.807, 2.05) is 17.5 Å². The van der Waals surface area contributed by atoms with Crippen molar-refractivity contribution < 1.29 is 18.4 Å². The number of piperidine rings is 1. The van der Waals surface area contributed by atoms with E-state index in [4.69, 9.17) is 0 Å². The summed E-state index contributed by atoms with van der Waals surface area (Å²) < 4.78 is 26.9. The number of carbonyl (C=O) groups excluding carboxylic acids is 2. The van der Waals surface area contributed by atoms with Gasteiger partial charge in [0.15, 0.2) is 0 Å². The Hall–Kier alpha value is -2.08. The van der Waals surface area contributed by atoms with Gasteiger partial charge in [-0.2, -0.15) is 0 Å². The van der Waals surface area contributed by atoms with Crippen molar-refractivity contribution in [3.63, 3.8) is 0 Å². The van der Waals surface area contributed by atoms with Gasteiger partial charge in [0.05, 0.1) is 6.54 Å². The second-order valence-electron chi connectivity index (χ2n) is 5.23. The fourth-order valence-corrected chi connectivity index (χ4v) is 3.42. The van der Waals surface area contributed by atoms with Gasteiger partial charge in [0.2, 0.25) is 11.8 Å². The highest BCUT2D eigenvalue weighted by atomic mass is 32.1. The monoisotopic (exact) mass is 321 g/mol. The molecule has 1 fully saturated rings. The molecular weight excluding hydrogens is 308 g/mol. The molecule has 0 bridgehead atoms. The van der Waals surface area contributed by atoms with E-state index in [1.54, 1.807) is 0 Å². The lowest BCUT2D eigenvalue weighted by Crippen LogP contribution is -2.42. The van der Waals surface area contributed by atoms with Crippen molar-refractivity contribution in [2.75, 3.05) is 0 Å². The predicted molar refractivity (Wildman–Crippen MR) is 78.2 cm³/mol. The van der Waals surface area contributed by atoms with Crippen molar-refractivity contribution in [2.45, 2.75) is 25.3 Å². The lowest BCUT2D eigenvalue weighted by atomic mass is 9.93. The molecule has 114 valence electrons. The number of amides is 2. The van der Waals surface area contributed by atoms with Crippen molar-refractivity contribution in [3.05, 3.63) is 57.8 Å². The Morgan fingerprint density at radius 2 is 1.86 bits per heavy atom. The molecule has 0 aliphatic carbocycles. The van der Waals surface area contributed by atoms with E-state index in [1.165, 1.54) is 11.3 Å². The van der Waals surface area contributed by atoms with Gasteiger partial charge in [-0.25, -0.2) is 8.78 Å². The third kappa shape index (κ3) is 2.92. The molecule has 0 saturated carbocycles. The van der Waals surface area contributed by atoms with Crippen LogP contribution in [0.3, 0.4) is 0 Å². The Labute approximate surface area is 130 Å². The van der Waals surface area contributed by atoms with Crippen molar-refractivity contribution >= 4 is 23.2 Å². The van der Waals surface area contributed by atoms with E-state index in [0.717, 1.165) is 28.0 Å². The van der Waals surface area contributed by atoms with Crippen LogP contribution < -0.4 is 0 Å². The molecule has 6 heteroatoms. The van der Waals surface area contributed by atoms with Gasteiger partial charge in [-0.15, -0.1) is 11.3 Å². The summed E-state index contributed by atoms with van der Waals surface area (Å²) in [6.45, 7) is -0.224. The normalized spacial score (nSPS) is 16.4. The minimum absolute atomic E-state index is 0.0104. The maximum Gasteiger partial charge on any atom is 0.230 e. The molecular formula is C16H13F2NO2S. The van der Waals surface area contributed by atoms with Gasteiger partial charge < -0.3 is 0 Å². The number of hydrogen-bond acceptors (Lipinski definition) is 3. The van der Waals surface area contributed by atoms with E-state index in [9.17, 15) is 18.4 Å². The van der Waals surface area contributed by atoms with Gasteiger partial charge in [-0.3, -0.25) is 14.5 Å². The molecule has 1 aliphatic rings. The summed E-state index contributed by atoms with van der Waals surface area (Å²) in [5.74, 6) is -2.03. The average Bonchev–Trinajstić information content (AvgIpc) is 3.00. The lowest BCUT2D eigenvalue weighted by Gasteiger charge is -2.29. The Morgan fingerprint density at radius 3 is 2.50 bits per heavy atom. The number of nitrogens with zero attached hydrogens (tertiary/aromatic N) is 1. The summed E-state index contributed by atoms with van der Waals surface area (Å²) in [5, 5.41) is 1.90. The van der Waals surface area contributed by atoms with Gasteiger partial charge >= 0.3 is 0 Å². The van der Waals surface area contributed by atoms with Crippen molar-refractivity contribution in [2.24, 2.45) is 0 Å². The van der Waals surface area contributed by atoms with Crippen LogP contribution in [0.15, 0.2) is 35.7 Å². The Bertz CT molecular complexity index is 697. The zero-order valence-electron chi connectivity index (χ0n) is 11.6. The summed E-state index contributed by atoms with van der Waals surface area (Å²) >= 11 is 1.51. The van der Waals surface area contributed by atoms with Gasteiger partial charge in [0.25, 0.3) is 0 Å². The minimum atomic E-state index is -0.623. The van der Waals surface area contributed by atoms with Crippen molar-refractivity contribution in [1.29, 1.82) is 0 Å². The maximum atomic E-state index is 13.7. The molecule has 0 unspecified atom stereocenters. The van der Waals surface area contributed by atoms with Crippen LogP contribution in [0.4, 0.5) is 8.78 Å². The fourth-order valence-electron chi connectivity index (χ4n) is 2.59. The highest BCUT2D eigenvalue weighted by Gasteiger charge is 2.34. The number of halogens is 2. The van der Waals surface area contributed by atoms with Gasteiger partial charge in [0.1, 0.15) is 11.6 Å². The van der Waals surface area contributed by atoms with Crippen LogP contribution in [0.5, 0.6) is 0 Å². The molecule has 3 rings (SSSR count). The van der Waals surface area contributed by atoms with Crippen LogP contribution in [-0.4, -0.2) is 16.7 Å². The Morgan fingerprint density at radius 1 is 1.14 bits per heavy atom. The van der Waals surface area contributed by atoms with E-state index >= 15 is 0 Å². The summed E-state index contributed by atoms with van der Waals surface area (Å²) in [6, 6.07) is 6.80. The van der Waals surface area contributed by atoms with Crippen LogP contribution >= 0.6 is 11.3 Å². The number of thiophene rings is 1. The SMILES string of the molecule is O=C1CC(c2cccs2)CC(=O)N1Cc1cc(F)ccc1F. The van der Waals surface area contributed by atoms with Crippen LogP contribution in [-0.2, 0) is 16.1 Å². The zero-order valence-corrected chi connectivity index (χ0v) is 12.4. The molecule has 1 saturated heterocycles.